The molecule has 1 heterocycles. The summed E-state index contributed by atoms with van der Waals surface area (Å²) < 4.78 is 14.1. The van der Waals surface area contributed by atoms with Gasteiger partial charge in [-0.3, -0.25) is 0 Å². The van der Waals surface area contributed by atoms with Crippen molar-refractivity contribution >= 4 is 6.16 Å². The Morgan fingerprint density at radius 2 is 2.57 bits per heavy atom. The van der Waals surface area contributed by atoms with Crippen LogP contribution < -0.4 is 0 Å². The Kier molecular flexibility index (Phi) is 3.56. The Morgan fingerprint density at radius 3 is 3.07 bits per heavy atom. The summed E-state index contributed by atoms with van der Waals surface area (Å²) in [6, 6.07) is 4.93. The van der Waals surface area contributed by atoms with E-state index in [4.69, 9.17) is 9.68 Å². The molecule has 0 amide bonds. The number of nitrogens with zero attached hydrogens (tertiary/aromatic N) is 1. The van der Waals surface area contributed by atoms with Gasteiger partial charge < -0.3 is 13.9 Å². The Labute approximate surface area is 80.8 Å². The molecule has 0 N–H and O–H groups in total. The molecule has 0 radical (unpaired) electrons. The van der Waals surface area contributed by atoms with E-state index in [1.807, 2.05) is 0 Å². The topological polar surface area (TPSA) is 72.5 Å². The fraction of sp³-hybridized carbons (Fsp3) is 0.333. The molecule has 1 atom stereocenters. The van der Waals surface area contributed by atoms with E-state index < -0.39 is 12.3 Å². The molecule has 1 aromatic heterocycles. The minimum atomic E-state index is -1.05. The Balaban J connectivity index is 2.57. The molecule has 0 spiro atoms. The van der Waals surface area contributed by atoms with Crippen LogP contribution in [0.15, 0.2) is 22.8 Å². The summed E-state index contributed by atoms with van der Waals surface area (Å²) in [4.78, 5) is 10.9. The van der Waals surface area contributed by atoms with Crippen molar-refractivity contribution in [2.75, 3.05) is 6.61 Å². The molecule has 0 aliphatic heterocycles. The second-order valence-electron chi connectivity index (χ2n) is 2.33. The zero-order chi connectivity index (χ0) is 10.4. The Bertz CT molecular complexity index is 325. The van der Waals surface area contributed by atoms with Crippen LogP contribution in [0.25, 0.3) is 0 Å². The third-order valence-electron chi connectivity index (χ3n) is 1.40. The first kappa shape index (κ1) is 10.1. The quantitative estimate of drug-likeness (QED) is 0.690. The maximum atomic E-state index is 10.9. The highest BCUT2D eigenvalue weighted by Gasteiger charge is 2.18. The van der Waals surface area contributed by atoms with Gasteiger partial charge in [0, 0.05) is 0 Å². The van der Waals surface area contributed by atoms with Crippen LogP contribution in [0.2, 0.25) is 0 Å². The van der Waals surface area contributed by atoms with E-state index in [-0.39, 0.29) is 12.4 Å². The van der Waals surface area contributed by atoms with E-state index in [1.54, 1.807) is 25.1 Å². The molecular formula is C9H9NO4. The van der Waals surface area contributed by atoms with Crippen molar-refractivity contribution in [1.29, 1.82) is 5.26 Å². The standard InChI is InChI=1S/C9H9NO4/c1-2-12-9(11)14-8(6-10)7-4-3-5-13-7/h3-5,8H,2H2,1H3/t8-/m0/s1. The lowest BCUT2D eigenvalue weighted by Crippen LogP contribution is -2.11. The predicted molar refractivity (Wildman–Crippen MR) is 45.2 cm³/mol. The summed E-state index contributed by atoms with van der Waals surface area (Å²) in [6.45, 7) is 1.85. The minimum absolute atomic E-state index is 0.204. The summed E-state index contributed by atoms with van der Waals surface area (Å²) in [5, 5.41) is 8.67. The van der Waals surface area contributed by atoms with Crippen LogP contribution in [0.1, 0.15) is 18.8 Å². The molecule has 0 unspecified atom stereocenters. The fourth-order valence-electron chi connectivity index (χ4n) is 0.837. The molecule has 14 heavy (non-hydrogen) atoms. The van der Waals surface area contributed by atoms with E-state index in [0.29, 0.717) is 0 Å². The van der Waals surface area contributed by atoms with Gasteiger partial charge in [-0.25, -0.2) is 4.79 Å². The number of hydrogen-bond donors (Lipinski definition) is 0. The van der Waals surface area contributed by atoms with Gasteiger partial charge in [-0.05, 0) is 19.1 Å². The van der Waals surface area contributed by atoms with Crippen molar-refractivity contribution < 1.29 is 18.7 Å². The number of ether oxygens (including phenoxy) is 2. The molecule has 1 aromatic rings. The maximum Gasteiger partial charge on any atom is 0.510 e. The monoisotopic (exact) mass is 195 g/mol. The largest absolute Gasteiger partial charge is 0.510 e. The molecule has 0 aliphatic rings. The molecule has 0 bridgehead atoms. The second-order valence-corrected chi connectivity index (χ2v) is 2.33. The zero-order valence-electron chi connectivity index (χ0n) is 7.60. The van der Waals surface area contributed by atoms with E-state index in [2.05, 4.69) is 9.47 Å². The highest BCUT2D eigenvalue weighted by molar-refractivity contribution is 5.60. The summed E-state index contributed by atoms with van der Waals surface area (Å²) in [5.74, 6) is 0.278. The fourth-order valence-corrected chi connectivity index (χ4v) is 0.837. The van der Waals surface area contributed by atoms with E-state index in [9.17, 15) is 4.79 Å². The van der Waals surface area contributed by atoms with E-state index >= 15 is 0 Å². The Morgan fingerprint density at radius 1 is 1.79 bits per heavy atom. The van der Waals surface area contributed by atoms with E-state index in [1.165, 1.54) is 6.26 Å². The molecule has 74 valence electrons. The Hall–Kier alpha value is -1.96. The molecule has 0 aliphatic carbocycles. The van der Waals surface area contributed by atoms with Crippen LogP contribution in [0, 0.1) is 11.3 Å². The van der Waals surface area contributed by atoms with Gasteiger partial charge in [0.1, 0.15) is 6.07 Å². The highest BCUT2D eigenvalue weighted by atomic mass is 16.7. The normalized spacial score (nSPS) is 11.4. The van der Waals surface area contributed by atoms with Gasteiger partial charge in [0.05, 0.1) is 12.9 Å². The molecule has 0 fully saturated rings. The second kappa shape index (κ2) is 4.92. The van der Waals surface area contributed by atoms with Crippen molar-refractivity contribution in [2.45, 2.75) is 13.0 Å². The van der Waals surface area contributed by atoms with Crippen LogP contribution in [-0.4, -0.2) is 12.8 Å². The SMILES string of the molecule is CCOC(=O)O[C@@H](C#N)c1ccco1. The average Bonchev–Trinajstić information content (AvgIpc) is 2.67. The van der Waals surface area contributed by atoms with Gasteiger partial charge in [0.25, 0.3) is 0 Å². The van der Waals surface area contributed by atoms with Crippen molar-refractivity contribution in [3.63, 3.8) is 0 Å². The van der Waals surface area contributed by atoms with Crippen molar-refractivity contribution in [3.05, 3.63) is 24.2 Å². The van der Waals surface area contributed by atoms with E-state index in [0.717, 1.165) is 0 Å². The first-order chi connectivity index (χ1) is 6.77. The third-order valence-corrected chi connectivity index (χ3v) is 1.40. The number of rotatable bonds is 3. The van der Waals surface area contributed by atoms with Gasteiger partial charge in [0.2, 0.25) is 6.10 Å². The van der Waals surface area contributed by atoms with Gasteiger partial charge in [-0.1, -0.05) is 0 Å². The van der Waals surface area contributed by atoms with Crippen LogP contribution in [-0.2, 0) is 9.47 Å². The lowest BCUT2D eigenvalue weighted by atomic mass is 10.3. The molecule has 1 rings (SSSR count). The number of carbonyl (C=O) groups excluding carboxylic acids is 1. The lowest BCUT2D eigenvalue weighted by molar-refractivity contribution is 0.0363. The summed E-state index contributed by atoms with van der Waals surface area (Å²) >= 11 is 0. The molecule has 5 nitrogen and oxygen atoms in total. The zero-order valence-corrected chi connectivity index (χ0v) is 7.60. The van der Waals surface area contributed by atoms with Crippen LogP contribution in [0.3, 0.4) is 0 Å². The van der Waals surface area contributed by atoms with Crippen molar-refractivity contribution in [2.24, 2.45) is 0 Å². The lowest BCUT2D eigenvalue weighted by Gasteiger charge is -2.07. The summed E-state index contributed by atoms with van der Waals surface area (Å²) in [5.41, 5.74) is 0. The third kappa shape index (κ3) is 2.52. The number of nitriles is 1. The summed E-state index contributed by atoms with van der Waals surface area (Å²) in [6.07, 6.45) is -0.534. The van der Waals surface area contributed by atoms with Crippen LogP contribution >= 0.6 is 0 Å². The number of hydrogen-bond acceptors (Lipinski definition) is 5. The maximum absolute atomic E-state index is 10.9. The molecule has 5 heteroatoms. The first-order valence-corrected chi connectivity index (χ1v) is 4.04. The van der Waals surface area contributed by atoms with Gasteiger partial charge in [0.15, 0.2) is 5.76 Å². The molecule has 0 saturated heterocycles. The smallest absolute Gasteiger partial charge is 0.464 e. The van der Waals surface area contributed by atoms with Crippen LogP contribution in [0.5, 0.6) is 0 Å². The molecular weight excluding hydrogens is 186 g/mol. The average molecular weight is 195 g/mol. The minimum Gasteiger partial charge on any atom is -0.464 e. The summed E-state index contributed by atoms with van der Waals surface area (Å²) in [7, 11) is 0. The first-order valence-electron chi connectivity index (χ1n) is 4.04. The van der Waals surface area contributed by atoms with Crippen LogP contribution in [0.4, 0.5) is 4.79 Å². The number of carbonyl (C=O) groups is 1. The van der Waals surface area contributed by atoms with Crippen molar-refractivity contribution in [1.82, 2.24) is 0 Å². The molecule has 0 aromatic carbocycles. The van der Waals surface area contributed by atoms with Gasteiger partial charge in [-0.15, -0.1) is 0 Å². The number of furan rings is 1. The predicted octanol–water partition coefficient (Wildman–Crippen LogP) is 2.02. The van der Waals surface area contributed by atoms with Gasteiger partial charge >= 0.3 is 6.16 Å². The van der Waals surface area contributed by atoms with Gasteiger partial charge in [-0.2, -0.15) is 5.26 Å². The highest BCUT2D eigenvalue weighted by Crippen LogP contribution is 2.17. The molecule has 0 saturated carbocycles. The van der Waals surface area contributed by atoms with Crippen molar-refractivity contribution in [3.8, 4) is 6.07 Å².